The van der Waals surface area contributed by atoms with Crippen LogP contribution in [-0.4, -0.2) is 18.5 Å². The van der Waals surface area contributed by atoms with E-state index in [4.69, 9.17) is 0 Å². The van der Waals surface area contributed by atoms with Crippen LogP contribution in [0, 0.1) is 5.92 Å². The highest BCUT2D eigenvalue weighted by Gasteiger charge is 2.22. The second-order valence-electron chi connectivity index (χ2n) is 6.06. The molecule has 1 aromatic carbocycles. The molecule has 21 heavy (non-hydrogen) atoms. The average molecular weight is 353 g/mol. The molecule has 0 bridgehead atoms. The van der Waals surface area contributed by atoms with Gasteiger partial charge in [0.15, 0.2) is 0 Å². The quantitative estimate of drug-likeness (QED) is 0.846. The van der Waals surface area contributed by atoms with Crippen molar-refractivity contribution in [2.75, 3.05) is 6.54 Å². The van der Waals surface area contributed by atoms with Gasteiger partial charge in [-0.2, -0.15) is 0 Å². The fourth-order valence-corrected chi connectivity index (χ4v) is 3.60. The molecule has 2 N–H and O–H groups in total. The molecule has 3 atom stereocenters. The molecule has 0 saturated heterocycles. The predicted molar refractivity (Wildman–Crippen MR) is 90.1 cm³/mol. The summed E-state index contributed by atoms with van der Waals surface area (Å²) in [6.45, 7) is 4.68. The van der Waals surface area contributed by atoms with E-state index in [2.05, 4.69) is 46.5 Å². The Kier molecular flexibility index (Phi) is 6.24. The molecule has 0 spiro atoms. The third-order valence-electron chi connectivity index (χ3n) is 4.40. The summed E-state index contributed by atoms with van der Waals surface area (Å²) in [5.41, 5.74) is 1.18. The number of carbonyl (C=O) groups is 1. The van der Waals surface area contributed by atoms with Crippen LogP contribution in [0.5, 0.6) is 0 Å². The van der Waals surface area contributed by atoms with Crippen molar-refractivity contribution in [3.63, 3.8) is 0 Å². The first-order chi connectivity index (χ1) is 10.1. The van der Waals surface area contributed by atoms with Crippen LogP contribution in [0.1, 0.15) is 51.1 Å². The Bertz CT molecular complexity index is 478. The highest BCUT2D eigenvalue weighted by Crippen LogP contribution is 2.24. The van der Waals surface area contributed by atoms with Crippen LogP contribution < -0.4 is 10.6 Å². The van der Waals surface area contributed by atoms with Crippen molar-refractivity contribution in [3.8, 4) is 0 Å². The zero-order valence-corrected chi connectivity index (χ0v) is 14.4. The molecule has 1 amide bonds. The van der Waals surface area contributed by atoms with Crippen LogP contribution in [0.2, 0.25) is 0 Å². The van der Waals surface area contributed by atoms with E-state index in [1.54, 1.807) is 0 Å². The molecular formula is C17H25BrN2O. The number of hydrogen-bond acceptors (Lipinski definition) is 2. The van der Waals surface area contributed by atoms with Crippen LogP contribution in [0.25, 0.3) is 0 Å². The zero-order valence-electron chi connectivity index (χ0n) is 12.9. The molecule has 3 nitrogen and oxygen atoms in total. The normalized spacial score (nSPS) is 23.6. The van der Waals surface area contributed by atoms with Crippen molar-refractivity contribution in [2.24, 2.45) is 5.92 Å². The minimum atomic E-state index is 0.104. The Labute approximate surface area is 136 Å². The largest absolute Gasteiger partial charge is 0.352 e. The molecule has 1 saturated carbocycles. The van der Waals surface area contributed by atoms with Gasteiger partial charge in [0, 0.05) is 16.6 Å². The number of amides is 1. The van der Waals surface area contributed by atoms with Gasteiger partial charge in [-0.15, -0.1) is 0 Å². The maximum absolute atomic E-state index is 12.1. The Hall–Kier alpha value is -0.870. The zero-order chi connectivity index (χ0) is 15.2. The maximum atomic E-state index is 12.1. The van der Waals surface area contributed by atoms with Gasteiger partial charge in [-0.05, 0) is 37.3 Å². The Morgan fingerprint density at radius 3 is 2.76 bits per heavy atom. The van der Waals surface area contributed by atoms with Gasteiger partial charge in [0.25, 0.3) is 0 Å². The van der Waals surface area contributed by atoms with E-state index in [1.165, 1.54) is 24.8 Å². The third-order valence-corrected chi connectivity index (χ3v) is 5.12. The van der Waals surface area contributed by atoms with Gasteiger partial charge in [0.05, 0.1) is 6.54 Å². The first kappa shape index (κ1) is 16.5. The van der Waals surface area contributed by atoms with E-state index in [0.29, 0.717) is 18.5 Å². The van der Waals surface area contributed by atoms with Crippen molar-refractivity contribution >= 4 is 21.8 Å². The molecule has 116 valence electrons. The van der Waals surface area contributed by atoms with Crippen LogP contribution >= 0.6 is 15.9 Å². The second-order valence-corrected chi connectivity index (χ2v) is 6.91. The summed E-state index contributed by atoms with van der Waals surface area (Å²) in [7, 11) is 0. The molecule has 1 fully saturated rings. The van der Waals surface area contributed by atoms with Crippen LogP contribution in [0.3, 0.4) is 0 Å². The van der Waals surface area contributed by atoms with Gasteiger partial charge >= 0.3 is 0 Å². The summed E-state index contributed by atoms with van der Waals surface area (Å²) >= 11 is 3.55. The lowest BCUT2D eigenvalue weighted by atomic mass is 9.86. The number of nitrogens with one attached hydrogen (secondary N) is 2. The first-order valence-corrected chi connectivity index (χ1v) is 8.64. The lowest BCUT2D eigenvalue weighted by Gasteiger charge is -2.29. The molecule has 0 heterocycles. The lowest BCUT2D eigenvalue weighted by molar-refractivity contribution is -0.121. The molecule has 1 aliphatic carbocycles. The SMILES string of the molecule is C[C@H](NCC(=O)N[C@H]1CCCC[C@H]1C)c1ccccc1Br. The number of hydrogen-bond donors (Lipinski definition) is 2. The number of rotatable bonds is 5. The van der Waals surface area contributed by atoms with E-state index in [0.717, 1.165) is 10.9 Å². The summed E-state index contributed by atoms with van der Waals surface area (Å²) in [4.78, 5) is 12.1. The molecule has 1 aliphatic rings. The van der Waals surface area contributed by atoms with Gasteiger partial charge < -0.3 is 10.6 Å². The number of halogens is 1. The fourth-order valence-electron chi connectivity index (χ4n) is 2.97. The first-order valence-electron chi connectivity index (χ1n) is 7.85. The average Bonchev–Trinajstić information content (AvgIpc) is 2.48. The standard InChI is InChI=1S/C17H25BrN2O/c1-12-7-3-6-10-16(12)20-17(21)11-19-13(2)14-8-4-5-9-15(14)18/h4-5,8-9,12-13,16,19H,3,6-7,10-11H2,1-2H3,(H,20,21)/t12-,13+,16+/m1/s1. The molecule has 0 unspecified atom stereocenters. The predicted octanol–water partition coefficient (Wildman–Crippen LogP) is 3.79. The number of benzene rings is 1. The van der Waals surface area contributed by atoms with E-state index in [1.807, 2.05) is 18.2 Å². The van der Waals surface area contributed by atoms with Crippen LogP contribution in [0.15, 0.2) is 28.7 Å². The molecule has 4 heteroatoms. The van der Waals surface area contributed by atoms with Crippen LogP contribution in [0.4, 0.5) is 0 Å². The van der Waals surface area contributed by atoms with Crippen molar-refractivity contribution < 1.29 is 4.79 Å². The van der Waals surface area contributed by atoms with Crippen molar-refractivity contribution in [2.45, 2.75) is 51.6 Å². The highest BCUT2D eigenvalue weighted by atomic mass is 79.9. The van der Waals surface area contributed by atoms with Crippen molar-refractivity contribution in [1.29, 1.82) is 0 Å². The number of carbonyl (C=O) groups excluding carboxylic acids is 1. The van der Waals surface area contributed by atoms with Crippen molar-refractivity contribution in [3.05, 3.63) is 34.3 Å². The lowest BCUT2D eigenvalue weighted by Crippen LogP contribution is -2.45. The van der Waals surface area contributed by atoms with Gasteiger partial charge in [-0.1, -0.05) is 53.9 Å². The van der Waals surface area contributed by atoms with Crippen LogP contribution in [-0.2, 0) is 4.79 Å². The molecule has 1 aromatic rings. The molecule has 2 rings (SSSR count). The summed E-state index contributed by atoms with van der Waals surface area (Å²) in [5, 5.41) is 6.48. The monoisotopic (exact) mass is 352 g/mol. The fraction of sp³-hybridized carbons (Fsp3) is 0.588. The highest BCUT2D eigenvalue weighted by molar-refractivity contribution is 9.10. The molecule has 0 aromatic heterocycles. The smallest absolute Gasteiger partial charge is 0.234 e. The molecular weight excluding hydrogens is 328 g/mol. The molecule has 0 aliphatic heterocycles. The van der Waals surface area contributed by atoms with E-state index in [-0.39, 0.29) is 11.9 Å². The summed E-state index contributed by atoms with van der Waals surface area (Å²) in [6.07, 6.45) is 4.87. The van der Waals surface area contributed by atoms with E-state index < -0.39 is 0 Å². The minimum Gasteiger partial charge on any atom is -0.352 e. The maximum Gasteiger partial charge on any atom is 0.234 e. The minimum absolute atomic E-state index is 0.104. The van der Waals surface area contributed by atoms with Gasteiger partial charge in [0.1, 0.15) is 0 Å². The van der Waals surface area contributed by atoms with E-state index in [9.17, 15) is 4.79 Å². The van der Waals surface area contributed by atoms with E-state index >= 15 is 0 Å². The summed E-state index contributed by atoms with van der Waals surface area (Å²) in [6, 6.07) is 8.61. The Morgan fingerprint density at radius 2 is 2.05 bits per heavy atom. The van der Waals surface area contributed by atoms with Gasteiger partial charge in [-0.3, -0.25) is 4.79 Å². The summed E-state index contributed by atoms with van der Waals surface area (Å²) in [5.74, 6) is 0.705. The van der Waals surface area contributed by atoms with Gasteiger partial charge in [0.2, 0.25) is 5.91 Å². The Morgan fingerprint density at radius 1 is 1.33 bits per heavy atom. The molecule has 0 radical (unpaired) electrons. The Balaban J connectivity index is 1.79. The van der Waals surface area contributed by atoms with Crippen molar-refractivity contribution in [1.82, 2.24) is 10.6 Å². The summed E-state index contributed by atoms with van der Waals surface area (Å²) < 4.78 is 1.08. The second kappa shape index (κ2) is 7.95. The topological polar surface area (TPSA) is 41.1 Å². The van der Waals surface area contributed by atoms with Gasteiger partial charge in [-0.25, -0.2) is 0 Å². The third kappa shape index (κ3) is 4.82.